The number of rotatable bonds is 3. The molecule has 0 amide bonds. The first-order chi connectivity index (χ1) is 16.4. The second kappa shape index (κ2) is 7.47. The van der Waals surface area contributed by atoms with Crippen LogP contribution >= 0.6 is 0 Å². The van der Waals surface area contributed by atoms with Crippen LogP contribution in [-0.4, -0.2) is 19.6 Å². The van der Waals surface area contributed by atoms with Gasteiger partial charge in [0.1, 0.15) is 0 Å². The zero-order valence-corrected chi connectivity index (χ0v) is 19.2. The summed E-state index contributed by atoms with van der Waals surface area (Å²) in [6.07, 6.45) is 3.87. The lowest BCUT2D eigenvalue weighted by Gasteiger charge is -2.44. The van der Waals surface area contributed by atoms with Crippen LogP contribution in [0.3, 0.4) is 0 Å². The molecule has 6 heteroatoms. The second-order valence-corrected chi connectivity index (χ2v) is 9.55. The lowest BCUT2D eigenvalue weighted by Crippen LogP contribution is -2.47. The molecule has 2 aromatic carbocycles. The maximum atomic E-state index is 9.22. The molecule has 0 unspecified atom stereocenters. The highest BCUT2D eigenvalue weighted by Crippen LogP contribution is 2.43. The van der Waals surface area contributed by atoms with Crippen molar-refractivity contribution in [1.82, 2.24) is 19.6 Å². The molecule has 1 saturated carbocycles. The molecule has 0 saturated heterocycles. The van der Waals surface area contributed by atoms with Gasteiger partial charge >= 0.3 is 0 Å². The number of nitrogens with zero attached hydrogens (tertiary/aromatic N) is 5. The molecule has 1 aliphatic carbocycles. The van der Waals surface area contributed by atoms with Gasteiger partial charge in [0, 0.05) is 34.3 Å². The van der Waals surface area contributed by atoms with E-state index in [-0.39, 0.29) is 5.54 Å². The lowest BCUT2D eigenvalue weighted by atomic mass is 9.66. The van der Waals surface area contributed by atoms with Crippen LogP contribution in [0.15, 0.2) is 66.9 Å². The zero-order chi connectivity index (χ0) is 23.4. The van der Waals surface area contributed by atoms with E-state index in [0.717, 1.165) is 57.6 Å². The minimum Gasteiger partial charge on any atom is -0.321 e. The number of hydrogen-bond acceptors (Lipinski definition) is 5. The molecule has 0 spiro atoms. The smallest absolute Gasteiger partial charge is 0.165 e. The summed E-state index contributed by atoms with van der Waals surface area (Å²) in [5.74, 6) is 0.670. The Morgan fingerprint density at radius 3 is 2.41 bits per heavy atom. The first-order valence-electron chi connectivity index (χ1n) is 11.5. The van der Waals surface area contributed by atoms with E-state index in [1.54, 1.807) is 4.52 Å². The van der Waals surface area contributed by atoms with E-state index < -0.39 is 0 Å². The summed E-state index contributed by atoms with van der Waals surface area (Å²) in [6, 6.07) is 22.3. The Morgan fingerprint density at radius 1 is 1.03 bits per heavy atom. The van der Waals surface area contributed by atoms with Crippen molar-refractivity contribution in [2.45, 2.75) is 32.2 Å². The average molecular weight is 445 g/mol. The molecular weight excluding hydrogens is 420 g/mol. The molecule has 1 aliphatic rings. The Kier molecular flexibility index (Phi) is 4.51. The van der Waals surface area contributed by atoms with Crippen molar-refractivity contribution in [3.05, 3.63) is 83.7 Å². The summed E-state index contributed by atoms with van der Waals surface area (Å²) in [7, 11) is 0. The predicted octanol–water partition coefficient (Wildman–Crippen LogP) is 5.38. The standard InChI is InChI=1S/C28H24N6/c1-17-13-28(30,14-17)23-9-7-21(8-10-23)26-24(20-5-3-19(15-29)4-6-20)12-22-16-31-25-11-18(2)33-34(25)27(22)32-26/h3-12,16-17H,13-14,30H2,1-2H3. The molecule has 3 heterocycles. The molecule has 1 fully saturated rings. The van der Waals surface area contributed by atoms with Crippen LogP contribution in [0.5, 0.6) is 0 Å². The second-order valence-electron chi connectivity index (χ2n) is 9.55. The van der Waals surface area contributed by atoms with Gasteiger partial charge in [-0.2, -0.15) is 14.9 Å². The van der Waals surface area contributed by atoms with Gasteiger partial charge in [0.2, 0.25) is 0 Å². The Balaban J connectivity index is 1.55. The van der Waals surface area contributed by atoms with Crippen molar-refractivity contribution < 1.29 is 0 Å². The largest absolute Gasteiger partial charge is 0.321 e. The van der Waals surface area contributed by atoms with E-state index in [1.807, 2.05) is 43.5 Å². The third-order valence-electron chi connectivity index (χ3n) is 6.86. The molecule has 6 nitrogen and oxygen atoms in total. The lowest BCUT2D eigenvalue weighted by molar-refractivity contribution is 0.164. The molecule has 6 rings (SSSR count). The summed E-state index contributed by atoms with van der Waals surface area (Å²) < 4.78 is 1.80. The van der Waals surface area contributed by atoms with Gasteiger partial charge in [-0.15, -0.1) is 0 Å². The molecular formula is C28H24N6. The van der Waals surface area contributed by atoms with Crippen LogP contribution in [0.1, 0.15) is 36.6 Å². The highest BCUT2D eigenvalue weighted by atomic mass is 15.3. The van der Waals surface area contributed by atoms with Gasteiger partial charge in [-0.3, -0.25) is 0 Å². The van der Waals surface area contributed by atoms with Gasteiger partial charge < -0.3 is 5.73 Å². The van der Waals surface area contributed by atoms with Crippen LogP contribution in [-0.2, 0) is 5.54 Å². The number of pyridine rings is 1. The van der Waals surface area contributed by atoms with E-state index in [9.17, 15) is 5.26 Å². The van der Waals surface area contributed by atoms with Crippen molar-refractivity contribution in [1.29, 1.82) is 5.26 Å². The van der Waals surface area contributed by atoms with Crippen molar-refractivity contribution in [2.24, 2.45) is 11.7 Å². The molecule has 0 atom stereocenters. The number of benzene rings is 2. The molecule has 34 heavy (non-hydrogen) atoms. The van der Waals surface area contributed by atoms with E-state index in [1.165, 1.54) is 5.56 Å². The number of aryl methyl sites for hydroxylation is 1. The molecule has 0 bridgehead atoms. The monoisotopic (exact) mass is 444 g/mol. The molecule has 3 aromatic heterocycles. The van der Waals surface area contributed by atoms with Crippen LogP contribution in [0.4, 0.5) is 0 Å². The average Bonchev–Trinajstić information content (AvgIpc) is 3.23. The van der Waals surface area contributed by atoms with E-state index in [0.29, 0.717) is 11.5 Å². The maximum absolute atomic E-state index is 9.22. The number of hydrogen-bond donors (Lipinski definition) is 1. The van der Waals surface area contributed by atoms with Crippen LogP contribution in [0.2, 0.25) is 0 Å². The Labute approximate surface area is 197 Å². The van der Waals surface area contributed by atoms with E-state index >= 15 is 0 Å². The predicted molar refractivity (Wildman–Crippen MR) is 133 cm³/mol. The van der Waals surface area contributed by atoms with Gasteiger partial charge in [-0.1, -0.05) is 43.3 Å². The summed E-state index contributed by atoms with van der Waals surface area (Å²) in [6.45, 7) is 4.20. The number of aromatic nitrogens is 4. The Bertz CT molecular complexity index is 1580. The van der Waals surface area contributed by atoms with Gasteiger partial charge in [0.05, 0.1) is 23.0 Å². The van der Waals surface area contributed by atoms with Crippen LogP contribution in [0, 0.1) is 24.2 Å². The molecule has 0 aliphatic heterocycles. The molecule has 5 aromatic rings. The minimum absolute atomic E-state index is 0.227. The van der Waals surface area contributed by atoms with E-state index in [4.69, 9.17) is 10.7 Å². The highest BCUT2D eigenvalue weighted by Gasteiger charge is 2.39. The van der Waals surface area contributed by atoms with Crippen LogP contribution in [0.25, 0.3) is 39.1 Å². The zero-order valence-electron chi connectivity index (χ0n) is 19.2. The number of fused-ring (bicyclic) bond motifs is 3. The third kappa shape index (κ3) is 3.25. The fraction of sp³-hybridized carbons (Fsp3) is 0.214. The third-order valence-corrected chi connectivity index (χ3v) is 6.86. The normalized spacial score (nSPS) is 19.8. The van der Waals surface area contributed by atoms with Gasteiger partial charge in [0.15, 0.2) is 11.3 Å². The first-order valence-corrected chi connectivity index (χ1v) is 11.5. The highest BCUT2D eigenvalue weighted by molar-refractivity contribution is 5.90. The van der Waals surface area contributed by atoms with Crippen molar-refractivity contribution >= 4 is 16.7 Å². The first kappa shape index (κ1) is 20.5. The fourth-order valence-electron chi connectivity index (χ4n) is 5.20. The van der Waals surface area contributed by atoms with Gasteiger partial charge in [0.25, 0.3) is 0 Å². The number of nitrogens with two attached hydrogens (primary N) is 1. The fourth-order valence-corrected chi connectivity index (χ4v) is 5.20. The quantitative estimate of drug-likeness (QED) is 0.403. The summed E-state index contributed by atoms with van der Waals surface area (Å²) in [5, 5.41) is 14.7. The molecule has 166 valence electrons. The summed E-state index contributed by atoms with van der Waals surface area (Å²) in [5.41, 5.74) is 14.5. The van der Waals surface area contributed by atoms with Crippen LogP contribution < -0.4 is 5.73 Å². The van der Waals surface area contributed by atoms with Gasteiger partial charge in [-0.05, 0) is 55.0 Å². The topological polar surface area (TPSA) is 92.9 Å². The molecule has 2 N–H and O–H groups in total. The Morgan fingerprint density at radius 2 is 1.74 bits per heavy atom. The SMILES string of the molecule is Cc1cc2ncc3cc(-c4ccc(C#N)cc4)c(-c4ccc(C5(N)CC(C)C5)cc4)nc3n2n1. The Hall–Kier alpha value is -4.08. The maximum Gasteiger partial charge on any atom is 0.165 e. The minimum atomic E-state index is -0.227. The van der Waals surface area contributed by atoms with Gasteiger partial charge in [-0.25, -0.2) is 9.97 Å². The van der Waals surface area contributed by atoms with Crippen molar-refractivity contribution in [2.75, 3.05) is 0 Å². The van der Waals surface area contributed by atoms with E-state index in [2.05, 4.69) is 53.4 Å². The summed E-state index contributed by atoms with van der Waals surface area (Å²) >= 11 is 0. The summed E-state index contributed by atoms with van der Waals surface area (Å²) in [4.78, 5) is 9.67. The molecule has 0 radical (unpaired) electrons. The van der Waals surface area contributed by atoms with Crippen molar-refractivity contribution in [3.63, 3.8) is 0 Å². The van der Waals surface area contributed by atoms with Crippen molar-refractivity contribution in [3.8, 4) is 28.5 Å². The number of nitriles is 1.